The van der Waals surface area contributed by atoms with Crippen molar-refractivity contribution in [2.75, 3.05) is 13.1 Å². The predicted molar refractivity (Wildman–Crippen MR) is 109 cm³/mol. The minimum Gasteiger partial charge on any atom is -0.445 e. The molecule has 0 aliphatic carbocycles. The quantitative estimate of drug-likeness (QED) is 0.790. The average molecular weight is 401 g/mol. The third-order valence-electron chi connectivity index (χ3n) is 4.92. The van der Waals surface area contributed by atoms with Crippen LogP contribution >= 0.6 is 11.6 Å². The van der Waals surface area contributed by atoms with Crippen molar-refractivity contribution in [3.63, 3.8) is 0 Å². The molecule has 3 rings (SSSR count). The number of nitrogens with zero attached hydrogens (tertiary/aromatic N) is 1. The van der Waals surface area contributed by atoms with Gasteiger partial charge in [0.05, 0.1) is 0 Å². The van der Waals surface area contributed by atoms with Crippen molar-refractivity contribution in [3.8, 4) is 0 Å². The number of piperidine rings is 1. The van der Waals surface area contributed by atoms with Gasteiger partial charge in [0.1, 0.15) is 6.61 Å². The average Bonchev–Trinajstić information content (AvgIpc) is 2.73. The maximum Gasteiger partial charge on any atom is 0.407 e. The maximum atomic E-state index is 12.4. The lowest BCUT2D eigenvalue weighted by Gasteiger charge is -2.32. The van der Waals surface area contributed by atoms with Crippen LogP contribution in [0.4, 0.5) is 4.79 Å². The van der Waals surface area contributed by atoms with E-state index in [9.17, 15) is 9.59 Å². The zero-order valence-corrected chi connectivity index (χ0v) is 16.5. The number of hydrogen-bond donors (Lipinski definition) is 1. The van der Waals surface area contributed by atoms with Gasteiger partial charge in [0.15, 0.2) is 0 Å². The number of hydrogen-bond acceptors (Lipinski definition) is 3. The molecule has 0 saturated carbocycles. The molecule has 1 N–H and O–H groups in total. The molecule has 148 valence electrons. The highest BCUT2D eigenvalue weighted by Gasteiger charge is 2.24. The van der Waals surface area contributed by atoms with Gasteiger partial charge in [-0.25, -0.2) is 4.79 Å². The molecule has 0 unspecified atom stereocenters. The van der Waals surface area contributed by atoms with Gasteiger partial charge in [0.25, 0.3) is 0 Å². The van der Waals surface area contributed by atoms with E-state index in [4.69, 9.17) is 16.3 Å². The van der Waals surface area contributed by atoms with Gasteiger partial charge in [0.2, 0.25) is 5.91 Å². The van der Waals surface area contributed by atoms with Crippen LogP contribution in [-0.2, 0) is 22.6 Å². The SMILES string of the molecule is O=C(NC1CCN(C(=O)CCc2ccc(Cl)cc2)CC1)OCc1ccccc1. The highest BCUT2D eigenvalue weighted by atomic mass is 35.5. The van der Waals surface area contributed by atoms with Gasteiger partial charge >= 0.3 is 6.09 Å². The smallest absolute Gasteiger partial charge is 0.407 e. The van der Waals surface area contributed by atoms with Crippen LogP contribution in [-0.4, -0.2) is 36.0 Å². The Morgan fingerprint density at radius 3 is 2.36 bits per heavy atom. The minimum atomic E-state index is -0.406. The molecule has 0 spiro atoms. The largest absolute Gasteiger partial charge is 0.445 e. The summed E-state index contributed by atoms with van der Waals surface area (Å²) in [6.45, 7) is 1.57. The molecule has 28 heavy (non-hydrogen) atoms. The van der Waals surface area contributed by atoms with Crippen LogP contribution in [0.1, 0.15) is 30.4 Å². The topological polar surface area (TPSA) is 58.6 Å². The van der Waals surface area contributed by atoms with Crippen LogP contribution in [0.3, 0.4) is 0 Å². The lowest BCUT2D eigenvalue weighted by atomic mass is 10.0. The molecule has 1 heterocycles. The van der Waals surface area contributed by atoms with Crippen molar-refractivity contribution in [2.24, 2.45) is 0 Å². The van der Waals surface area contributed by atoms with Crippen LogP contribution in [0.15, 0.2) is 54.6 Å². The van der Waals surface area contributed by atoms with Gasteiger partial charge in [-0.2, -0.15) is 0 Å². The van der Waals surface area contributed by atoms with Crippen molar-refractivity contribution >= 4 is 23.6 Å². The summed E-state index contributed by atoms with van der Waals surface area (Å²) < 4.78 is 5.26. The highest BCUT2D eigenvalue weighted by molar-refractivity contribution is 6.30. The van der Waals surface area contributed by atoms with Crippen LogP contribution in [0.2, 0.25) is 5.02 Å². The number of rotatable bonds is 6. The number of ether oxygens (including phenoxy) is 1. The zero-order valence-electron chi connectivity index (χ0n) is 15.8. The Kier molecular flexibility index (Phi) is 7.31. The molecule has 1 aliphatic rings. The second-order valence-corrected chi connectivity index (χ2v) is 7.42. The number of aryl methyl sites for hydroxylation is 1. The van der Waals surface area contributed by atoms with E-state index in [0.717, 1.165) is 24.0 Å². The highest BCUT2D eigenvalue weighted by Crippen LogP contribution is 2.15. The maximum absolute atomic E-state index is 12.4. The summed E-state index contributed by atoms with van der Waals surface area (Å²) in [7, 11) is 0. The molecule has 2 amide bonds. The van der Waals surface area contributed by atoms with Crippen molar-refractivity contribution < 1.29 is 14.3 Å². The fourth-order valence-electron chi connectivity index (χ4n) is 3.27. The molecule has 2 aromatic rings. The lowest BCUT2D eigenvalue weighted by Crippen LogP contribution is -2.46. The van der Waals surface area contributed by atoms with Gasteiger partial charge in [0, 0.05) is 30.6 Å². The third kappa shape index (κ3) is 6.27. The van der Waals surface area contributed by atoms with Crippen molar-refractivity contribution in [2.45, 2.75) is 38.3 Å². The first-order chi connectivity index (χ1) is 13.6. The Labute approximate surface area is 170 Å². The molecule has 2 aromatic carbocycles. The molecular weight excluding hydrogens is 376 g/mol. The molecule has 5 nitrogen and oxygen atoms in total. The van der Waals surface area contributed by atoms with Gasteiger partial charge in [-0.3, -0.25) is 4.79 Å². The second kappa shape index (κ2) is 10.1. The molecule has 6 heteroatoms. The number of carbonyl (C=O) groups excluding carboxylic acids is 2. The second-order valence-electron chi connectivity index (χ2n) is 6.99. The summed E-state index contributed by atoms with van der Waals surface area (Å²) in [5, 5.41) is 3.60. The minimum absolute atomic E-state index is 0.0450. The Hall–Kier alpha value is -2.53. The van der Waals surface area contributed by atoms with Crippen molar-refractivity contribution in [1.29, 1.82) is 0 Å². The molecule has 1 fully saturated rings. The van der Waals surface area contributed by atoms with Crippen LogP contribution in [0.5, 0.6) is 0 Å². The molecular formula is C22H25ClN2O3. The Morgan fingerprint density at radius 2 is 1.68 bits per heavy atom. The van der Waals surface area contributed by atoms with E-state index in [-0.39, 0.29) is 18.6 Å². The lowest BCUT2D eigenvalue weighted by molar-refractivity contribution is -0.132. The first kappa shape index (κ1) is 20.2. The molecule has 0 bridgehead atoms. The molecule has 0 aromatic heterocycles. The number of nitrogens with one attached hydrogen (secondary N) is 1. The summed E-state index contributed by atoms with van der Waals surface area (Å²) in [6.07, 6.45) is 2.27. The van der Waals surface area contributed by atoms with Gasteiger partial charge in [-0.05, 0) is 42.5 Å². The molecule has 0 radical (unpaired) electrons. The number of halogens is 1. The van der Waals surface area contributed by atoms with E-state index in [1.165, 1.54) is 0 Å². The molecule has 1 aliphatic heterocycles. The first-order valence-corrected chi connectivity index (χ1v) is 9.97. The molecule has 1 saturated heterocycles. The number of amides is 2. The number of likely N-dealkylation sites (tertiary alicyclic amines) is 1. The van der Waals surface area contributed by atoms with E-state index < -0.39 is 6.09 Å². The number of alkyl carbamates (subject to hydrolysis) is 1. The summed E-state index contributed by atoms with van der Waals surface area (Å²) in [5.74, 6) is 0.153. The summed E-state index contributed by atoms with van der Waals surface area (Å²) in [5.41, 5.74) is 2.06. The van der Waals surface area contributed by atoms with Gasteiger partial charge < -0.3 is 15.0 Å². The summed E-state index contributed by atoms with van der Waals surface area (Å²) >= 11 is 5.88. The fraction of sp³-hybridized carbons (Fsp3) is 0.364. The monoisotopic (exact) mass is 400 g/mol. The third-order valence-corrected chi connectivity index (χ3v) is 5.18. The van der Waals surface area contributed by atoms with E-state index in [1.54, 1.807) is 0 Å². The van der Waals surface area contributed by atoms with E-state index in [1.807, 2.05) is 59.5 Å². The van der Waals surface area contributed by atoms with E-state index in [2.05, 4.69) is 5.32 Å². The fourth-order valence-corrected chi connectivity index (χ4v) is 3.39. The van der Waals surface area contributed by atoms with E-state index in [0.29, 0.717) is 31.0 Å². The van der Waals surface area contributed by atoms with Gasteiger partial charge in [-0.1, -0.05) is 54.1 Å². The number of benzene rings is 2. The summed E-state index contributed by atoms with van der Waals surface area (Å²) in [4.78, 5) is 26.3. The zero-order chi connectivity index (χ0) is 19.8. The van der Waals surface area contributed by atoms with Crippen LogP contribution in [0.25, 0.3) is 0 Å². The Balaban J connectivity index is 1.34. The Bertz CT molecular complexity index is 772. The van der Waals surface area contributed by atoms with E-state index >= 15 is 0 Å². The predicted octanol–water partition coefficient (Wildman–Crippen LogP) is 4.19. The van der Waals surface area contributed by atoms with Crippen LogP contribution in [0, 0.1) is 0 Å². The standard InChI is InChI=1S/C22H25ClN2O3/c23-19-9-6-17(7-10-19)8-11-21(26)25-14-12-20(13-15-25)24-22(27)28-16-18-4-2-1-3-5-18/h1-7,9-10,20H,8,11-16H2,(H,24,27). The van der Waals surface area contributed by atoms with Crippen molar-refractivity contribution in [3.05, 3.63) is 70.7 Å². The van der Waals surface area contributed by atoms with Crippen LogP contribution < -0.4 is 5.32 Å². The summed E-state index contributed by atoms with van der Waals surface area (Å²) in [6, 6.07) is 17.2. The Morgan fingerprint density at radius 1 is 1.00 bits per heavy atom. The number of carbonyl (C=O) groups is 2. The van der Waals surface area contributed by atoms with Gasteiger partial charge in [-0.15, -0.1) is 0 Å². The van der Waals surface area contributed by atoms with Crippen molar-refractivity contribution in [1.82, 2.24) is 10.2 Å². The first-order valence-electron chi connectivity index (χ1n) is 9.59. The normalized spacial score (nSPS) is 14.5. The molecule has 0 atom stereocenters.